The van der Waals surface area contributed by atoms with Gasteiger partial charge in [0, 0.05) is 5.56 Å². The van der Waals surface area contributed by atoms with E-state index in [-0.39, 0.29) is 23.0 Å². The van der Waals surface area contributed by atoms with Crippen LogP contribution in [0, 0.1) is 28.6 Å². The maximum Gasteiger partial charge on any atom is 0.212 e. The molecule has 1 heterocycles. The molecule has 2 aliphatic rings. The first-order chi connectivity index (χ1) is 10.2. The minimum absolute atomic E-state index is 0.0121. The molecular weight excluding hydrogens is 262 g/mol. The van der Waals surface area contributed by atoms with Crippen LogP contribution in [-0.4, -0.2) is 11.5 Å². The van der Waals surface area contributed by atoms with Gasteiger partial charge in [-0.25, -0.2) is 4.99 Å². The average Bonchev–Trinajstić information content (AvgIpc) is 2.77. The summed E-state index contributed by atoms with van der Waals surface area (Å²) in [6.45, 7) is 2.00. The number of hydrogen-bond acceptors (Lipinski definition) is 4. The molecule has 1 aromatic rings. The zero-order chi connectivity index (χ0) is 15.0. The summed E-state index contributed by atoms with van der Waals surface area (Å²) < 4.78 is 0. The molecule has 0 spiro atoms. The normalized spacial score (nSPS) is 20.3. The van der Waals surface area contributed by atoms with E-state index in [2.05, 4.69) is 4.99 Å². The molecule has 1 aliphatic heterocycles. The average molecular weight is 273 g/mol. The lowest BCUT2D eigenvalue weighted by molar-refractivity contribution is 0.103. The molecule has 21 heavy (non-hydrogen) atoms. The van der Waals surface area contributed by atoms with Gasteiger partial charge in [0.2, 0.25) is 5.78 Å². The molecule has 0 aromatic heterocycles. The summed E-state index contributed by atoms with van der Waals surface area (Å²) in [5, 5.41) is 18.3. The standard InChI is InChI=1S/C17H11N3O/c1-10-6-7-11(8-18)14(9-19)20-16-15(10)12-4-2-3-5-13(12)17(16)21/h2-5,7,10H,6H2,1H3. The highest BCUT2D eigenvalue weighted by Crippen LogP contribution is 2.40. The molecule has 0 saturated carbocycles. The molecule has 1 aliphatic carbocycles. The number of nitriles is 2. The van der Waals surface area contributed by atoms with Crippen molar-refractivity contribution in [2.45, 2.75) is 13.3 Å². The topological polar surface area (TPSA) is 77.0 Å². The Morgan fingerprint density at radius 1 is 1.19 bits per heavy atom. The van der Waals surface area contributed by atoms with Crippen LogP contribution >= 0.6 is 0 Å². The van der Waals surface area contributed by atoms with Crippen molar-refractivity contribution >= 4 is 17.1 Å². The van der Waals surface area contributed by atoms with E-state index >= 15 is 0 Å². The molecule has 0 bridgehead atoms. The van der Waals surface area contributed by atoms with Crippen molar-refractivity contribution in [3.63, 3.8) is 0 Å². The second kappa shape index (κ2) is 4.85. The zero-order valence-corrected chi connectivity index (χ0v) is 11.4. The molecule has 0 amide bonds. The Labute approximate surface area is 122 Å². The lowest BCUT2D eigenvalue weighted by atomic mass is 9.90. The summed E-state index contributed by atoms with van der Waals surface area (Å²) in [5.74, 6) is -0.0978. The Balaban J connectivity index is 2.27. The van der Waals surface area contributed by atoms with E-state index in [4.69, 9.17) is 5.26 Å². The van der Waals surface area contributed by atoms with Gasteiger partial charge in [-0.05, 0) is 23.5 Å². The number of benzene rings is 1. The van der Waals surface area contributed by atoms with Crippen molar-refractivity contribution < 1.29 is 4.79 Å². The van der Waals surface area contributed by atoms with Crippen LogP contribution < -0.4 is 0 Å². The fraction of sp³-hybridized carbons (Fsp3) is 0.176. The van der Waals surface area contributed by atoms with Gasteiger partial charge in [0.15, 0.2) is 5.71 Å². The minimum atomic E-state index is -0.167. The van der Waals surface area contributed by atoms with Gasteiger partial charge >= 0.3 is 0 Å². The Morgan fingerprint density at radius 2 is 1.90 bits per heavy atom. The van der Waals surface area contributed by atoms with E-state index in [1.165, 1.54) is 0 Å². The van der Waals surface area contributed by atoms with Gasteiger partial charge in [-0.3, -0.25) is 4.79 Å². The predicted octanol–water partition coefficient (Wildman–Crippen LogP) is 3.05. The van der Waals surface area contributed by atoms with Gasteiger partial charge in [-0.1, -0.05) is 37.3 Å². The molecule has 100 valence electrons. The number of rotatable bonds is 0. The molecular formula is C17H11N3O. The van der Waals surface area contributed by atoms with Crippen LogP contribution in [0.25, 0.3) is 5.57 Å². The molecule has 0 N–H and O–H groups in total. The van der Waals surface area contributed by atoms with Gasteiger partial charge < -0.3 is 0 Å². The molecule has 4 heteroatoms. The lowest BCUT2D eigenvalue weighted by Crippen LogP contribution is -2.08. The second-order valence-corrected chi connectivity index (χ2v) is 5.08. The Morgan fingerprint density at radius 3 is 2.57 bits per heavy atom. The third kappa shape index (κ3) is 1.89. The largest absolute Gasteiger partial charge is 0.287 e. The maximum absolute atomic E-state index is 12.5. The van der Waals surface area contributed by atoms with Crippen molar-refractivity contribution in [2.24, 2.45) is 10.9 Å². The van der Waals surface area contributed by atoms with E-state index in [1.54, 1.807) is 12.1 Å². The summed E-state index contributed by atoms with van der Waals surface area (Å²) in [6.07, 6.45) is 2.33. The van der Waals surface area contributed by atoms with Crippen LogP contribution in [-0.2, 0) is 0 Å². The molecule has 1 aromatic carbocycles. The van der Waals surface area contributed by atoms with E-state index in [9.17, 15) is 10.1 Å². The van der Waals surface area contributed by atoms with E-state index in [1.807, 2.05) is 37.3 Å². The van der Waals surface area contributed by atoms with Gasteiger partial charge in [-0.2, -0.15) is 10.5 Å². The van der Waals surface area contributed by atoms with Crippen LogP contribution in [0.2, 0.25) is 0 Å². The van der Waals surface area contributed by atoms with Crippen LogP contribution in [0.4, 0.5) is 0 Å². The summed E-state index contributed by atoms with van der Waals surface area (Å²) in [7, 11) is 0. The number of nitrogens with zero attached hydrogens (tertiary/aromatic N) is 3. The minimum Gasteiger partial charge on any atom is -0.287 e. The zero-order valence-electron chi connectivity index (χ0n) is 11.4. The van der Waals surface area contributed by atoms with Gasteiger partial charge in [0.05, 0.1) is 5.57 Å². The lowest BCUT2D eigenvalue weighted by Gasteiger charge is -2.15. The predicted molar refractivity (Wildman–Crippen MR) is 78.2 cm³/mol. The van der Waals surface area contributed by atoms with Crippen molar-refractivity contribution in [1.82, 2.24) is 0 Å². The van der Waals surface area contributed by atoms with Gasteiger partial charge in [0.1, 0.15) is 17.8 Å². The Kier molecular flexibility index (Phi) is 3.01. The van der Waals surface area contributed by atoms with Crippen molar-refractivity contribution in [3.8, 4) is 12.1 Å². The molecule has 1 unspecified atom stereocenters. The smallest absolute Gasteiger partial charge is 0.212 e. The van der Waals surface area contributed by atoms with Crippen LogP contribution in [0.1, 0.15) is 29.3 Å². The van der Waals surface area contributed by atoms with Crippen molar-refractivity contribution in [3.05, 3.63) is 52.7 Å². The number of ketones is 1. The van der Waals surface area contributed by atoms with Crippen molar-refractivity contribution in [2.75, 3.05) is 0 Å². The fourth-order valence-corrected chi connectivity index (χ4v) is 2.77. The molecule has 0 fully saturated rings. The van der Waals surface area contributed by atoms with E-state index in [0.717, 1.165) is 11.1 Å². The molecule has 1 atom stereocenters. The maximum atomic E-state index is 12.5. The van der Waals surface area contributed by atoms with E-state index in [0.29, 0.717) is 17.7 Å². The number of aliphatic imine (C=N–C) groups is 1. The third-order valence-electron chi connectivity index (χ3n) is 3.81. The van der Waals surface area contributed by atoms with E-state index < -0.39 is 0 Å². The first-order valence-corrected chi connectivity index (χ1v) is 6.65. The highest BCUT2D eigenvalue weighted by Gasteiger charge is 2.33. The van der Waals surface area contributed by atoms with Crippen LogP contribution in [0.3, 0.4) is 0 Å². The van der Waals surface area contributed by atoms with Crippen LogP contribution in [0.5, 0.6) is 0 Å². The second-order valence-electron chi connectivity index (χ2n) is 5.08. The fourth-order valence-electron chi connectivity index (χ4n) is 2.77. The first-order valence-electron chi connectivity index (χ1n) is 6.65. The highest BCUT2D eigenvalue weighted by molar-refractivity contribution is 6.24. The van der Waals surface area contributed by atoms with Gasteiger partial charge in [0.25, 0.3) is 0 Å². The van der Waals surface area contributed by atoms with Crippen LogP contribution in [0.15, 0.2) is 46.6 Å². The highest BCUT2D eigenvalue weighted by atomic mass is 16.1. The summed E-state index contributed by atoms with van der Waals surface area (Å²) in [5.41, 5.74) is 2.94. The number of hydrogen-bond donors (Lipinski definition) is 0. The summed E-state index contributed by atoms with van der Waals surface area (Å²) in [4.78, 5) is 16.7. The molecule has 0 saturated heterocycles. The molecule has 3 rings (SSSR count). The quantitative estimate of drug-likeness (QED) is 0.728. The summed E-state index contributed by atoms with van der Waals surface area (Å²) in [6, 6.07) is 11.3. The Hall–Kier alpha value is -2.98. The SMILES string of the molecule is CC1CC=C(C#N)C(C#N)=NC2=C1c1ccccc1C2=O. The monoisotopic (exact) mass is 273 g/mol. The number of allylic oxidation sites excluding steroid dienone is 4. The molecule has 4 nitrogen and oxygen atoms in total. The van der Waals surface area contributed by atoms with Gasteiger partial charge in [-0.15, -0.1) is 0 Å². The first kappa shape index (κ1) is 13.0. The summed E-state index contributed by atoms with van der Waals surface area (Å²) >= 11 is 0. The Bertz CT molecular complexity index is 828. The number of carbonyl (C=O) groups is 1. The third-order valence-corrected chi connectivity index (χ3v) is 3.81. The number of Topliss-reactive ketones (excluding diaryl/α,β-unsaturated/α-hetero) is 1. The number of carbonyl (C=O) groups excluding carboxylic acids is 1. The number of fused-ring (bicyclic) bond motifs is 2. The molecule has 0 radical (unpaired) electrons. The van der Waals surface area contributed by atoms with Crippen molar-refractivity contribution in [1.29, 1.82) is 10.5 Å².